The molecule has 102 valence electrons. The minimum absolute atomic E-state index is 0.100. The van der Waals surface area contributed by atoms with E-state index in [2.05, 4.69) is 14.9 Å². The second-order valence-electron chi connectivity index (χ2n) is 4.19. The minimum Gasteiger partial charge on any atom is -0.398 e. The molecule has 0 spiro atoms. The quantitative estimate of drug-likeness (QED) is 0.642. The highest BCUT2D eigenvalue weighted by Gasteiger charge is 2.14. The summed E-state index contributed by atoms with van der Waals surface area (Å²) in [5, 5.41) is 3.18. The summed E-state index contributed by atoms with van der Waals surface area (Å²) in [6.07, 6.45) is 0. The Hall–Kier alpha value is -1.31. The molecule has 6 nitrogen and oxygen atoms in total. The monoisotopic (exact) mass is 272 g/mol. The zero-order valence-electron chi connectivity index (χ0n) is 10.9. The first-order valence-corrected chi connectivity index (χ1v) is 7.07. The van der Waals surface area contributed by atoms with E-state index in [1.165, 1.54) is 13.1 Å². The Labute approximate surface area is 108 Å². The number of likely N-dealkylation sites (N-methyl/N-ethyl adjacent to an activating group) is 1. The summed E-state index contributed by atoms with van der Waals surface area (Å²) in [5.74, 6) is 0. The number of nitrogens with one attached hydrogen (secondary N) is 2. The van der Waals surface area contributed by atoms with Gasteiger partial charge in [-0.3, -0.25) is 0 Å². The topological polar surface area (TPSA) is 87.5 Å². The van der Waals surface area contributed by atoms with E-state index in [0.717, 1.165) is 18.8 Å². The molecule has 0 fully saturated rings. The first kappa shape index (κ1) is 14.7. The van der Waals surface area contributed by atoms with Crippen molar-refractivity contribution < 1.29 is 8.42 Å². The molecule has 0 aromatic heterocycles. The van der Waals surface area contributed by atoms with E-state index in [4.69, 9.17) is 5.73 Å². The van der Waals surface area contributed by atoms with Gasteiger partial charge in [0.05, 0.1) is 5.69 Å². The Balaban J connectivity index is 2.80. The van der Waals surface area contributed by atoms with Crippen molar-refractivity contribution >= 4 is 21.4 Å². The number of nitrogen functional groups attached to an aromatic ring is 1. The van der Waals surface area contributed by atoms with Gasteiger partial charge in [0.1, 0.15) is 4.90 Å². The first-order valence-electron chi connectivity index (χ1n) is 5.58. The molecule has 0 radical (unpaired) electrons. The van der Waals surface area contributed by atoms with Crippen molar-refractivity contribution in [3.63, 3.8) is 0 Å². The predicted molar refractivity (Wildman–Crippen MR) is 74.1 cm³/mol. The van der Waals surface area contributed by atoms with Crippen LogP contribution in [0.5, 0.6) is 0 Å². The molecule has 4 N–H and O–H groups in total. The molecule has 0 saturated heterocycles. The zero-order valence-corrected chi connectivity index (χ0v) is 11.7. The van der Waals surface area contributed by atoms with Gasteiger partial charge in [-0.05, 0) is 39.3 Å². The highest BCUT2D eigenvalue weighted by atomic mass is 32.2. The van der Waals surface area contributed by atoms with Crippen molar-refractivity contribution in [2.75, 3.05) is 45.3 Å². The average molecular weight is 272 g/mol. The van der Waals surface area contributed by atoms with Crippen LogP contribution in [0.3, 0.4) is 0 Å². The second-order valence-corrected chi connectivity index (χ2v) is 6.05. The molecule has 0 aliphatic carbocycles. The highest BCUT2D eigenvalue weighted by Crippen LogP contribution is 2.21. The maximum absolute atomic E-state index is 11.6. The van der Waals surface area contributed by atoms with Crippen molar-refractivity contribution in [3.8, 4) is 0 Å². The molecule has 0 aliphatic heterocycles. The number of anilines is 2. The van der Waals surface area contributed by atoms with Crippen LogP contribution in [0.25, 0.3) is 0 Å². The first-order chi connectivity index (χ1) is 8.36. The number of hydrogen-bond donors (Lipinski definition) is 3. The molecule has 7 heteroatoms. The third-order valence-corrected chi connectivity index (χ3v) is 3.94. The van der Waals surface area contributed by atoms with Crippen LogP contribution in [-0.2, 0) is 10.0 Å². The van der Waals surface area contributed by atoms with Gasteiger partial charge in [-0.1, -0.05) is 0 Å². The summed E-state index contributed by atoms with van der Waals surface area (Å²) in [4.78, 5) is 2.15. The molecular weight excluding hydrogens is 252 g/mol. The Morgan fingerprint density at radius 1 is 1.33 bits per heavy atom. The van der Waals surface area contributed by atoms with E-state index in [9.17, 15) is 8.42 Å². The van der Waals surface area contributed by atoms with Crippen LogP contribution in [0.2, 0.25) is 0 Å². The molecule has 0 bridgehead atoms. The minimum atomic E-state index is -3.49. The fraction of sp³-hybridized carbons (Fsp3) is 0.455. The van der Waals surface area contributed by atoms with Gasteiger partial charge in [-0.25, -0.2) is 13.1 Å². The van der Waals surface area contributed by atoms with Crippen LogP contribution in [0, 0.1) is 0 Å². The van der Waals surface area contributed by atoms with Crippen molar-refractivity contribution in [2.24, 2.45) is 0 Å². The lowest BCUT2D eigenvalue weighted by Gasteiger charge is -2.13. The Morgan fingerprint density at radius 2 is 2.00 bits per heavy atom. The average Bonchev–Trinajstić information content (AvgIpc) is 2.28. The van der Waals surface area contributed by atoms with Crippen LogP contribution in [-0.4, -0.2) is 47.6 Å². The van der Waals surface area contributed by atoms with Gasteiger partial charge in [0.2, 0.25) is 10.0 Å². The second kappa shape index (κ2) is 6.03. The molecule has 1 aromatic carbocycles. The largest absolute Gasteiger partial charge is 0.398 e. The fourth-order valence-electron chi connectivity index (χ4n) is 1.44. The summed E-state index contributed by atoms with van der Waals surface area (Å²) in [6.45, 7) is 1.65. The summed E-state index contributed by atoms with van der Waals surface area (Å²) in [7, 11) is 1.84. The normalized spacial score (nSPS) is 11.8. The maximum Gasteiger partial charge on any atom is 0.242 e. The van der Waals surface area contributed by atoms with E-state index in [1.807, 2.05) is 14.1 Å². The molecule has 0 heterocycles. The predicted octanol–water partition coefficient (Wildman–Crippen LogP) is 0.150. The van der Waals surface area contributed by atoms with Gasteiger partial charge in [0, 0.05) is 18.8 Å². The standard InChI is InChI=1S/C11H20N4O2S/c1-13-18(16,17)11-5-4-9(8-10(11)12)14-6-7-15(2)3/h4-5,8,13-14H,6-7,12H2,1-3H3. The molecule has 1 aromatic rings. The molecule has 18 heavy (non-hydrogen) atoms. The van der Waals surface area contributed by atoms with Crippen molar-refractivity contribution in [2.45, 2.75) is 4.90 Å². The van der Waals surface area contributed by atoms with Gasteiger partial charge in [-0.2, -0.15) is 0 Å². The number of sulfonamides is 1. The van der Waals surface area contributed by atoms with E-state index in [1.54, 1.807) is 12.1 Å². The SMILES string of the molecule is CNS(=O)(=O)c1ccc(NCCN(C)C)cc1N. The molecule has 1 rings (SSSR count). The summed E-state index contributed by atoms with van der Waals surface area (Å²) < 4.78 is 25.5. The van der Waals surface area contributed by atoms with Gasteiger partial charge in [-0.15, -0.1) is 0 Å². The number of nitrogens with two attached hydrogens (primary N) is 1. The zero-order chi connectivity index (χ0) is 13.8. The smallest absolute Gasteiger partial charge is 0.242 e. The van der Waals surface area contributed by atoms with Crippen LogP contribution in [0.4, 0.5) is 11.4 Å². The maximum atomic E-state index is 11.6. The van der Waals surface area contributed by atoms with Crippen LogP contribution < -0.4 is 15.8 Å². The van der Waals surface area contributed by atoms with Crippen LogP contribution in [0.1, 0.15) is 0 Å². The van der Waals surface area contributed by atoms with Crippen molar-refractivity contribution in [1.82, 2.24) is 9.62 Å². The summed E-state index contributed by atoms with van der Waals surface area (Å²) in [6, 6.07) is 4.83. The van der Waals surface area contributed by atoms with Crippen molar-refractivity contribution in [1.29, 1.82) is 0 Å². The lowest BCUT2D eigenvalue weighted by Crippen LogP contribution is -2.21. The number of hydrogen-bond acceptors (Lipinski definition) is 5. The number of benzene rings is 1. The molecule has 0 aliphatic rings. The summed E-state index contributed by atoms with van der Waals surface area (Å²) >= 11 is 0. The van der Waals surface area contributed by atoms with E-state index in [0.29, 0.717) is 0 Å². The summed E-state index contributed by atoms with van der Waals surface area (Å²) in [5.41, 5.74) is 6.79. The molecule has 0 unspecified atom stereocenters. The Kier molecular flexibility index (Phi) is 4.94. The molecule has 0 saturated carbocycles. The van der Waals surface area contributed by atoms with Crippen LogP contribution >= 0.6 is 0 Å². The number of rotatable bonds is 6. The van der Waals surface area contributed by atoms with Gasteiger partial charge in [0.25, 0.3) is 0 Å². The lowest BCUT2D eigenvalue weighted by molar-refractivity contribution is 0.425. The Morgan fingerprint density at radius 3 is 2.50 bits per heavy atom. The third-order valence-electron chi connectivity index (χ3n) is 2.46. The molecule has 0 amide bonds. The van der Waals surface area contributed by atoms with E-state index in [-0.39, 0.29) is 10.6 Å². The molecule has 0 atom stereocenters. The Bertz CT molecular complexity index is 500. The van der Waals surface area contributed by atoms with Gasteiger partial charge in [0.15, 0.2) is 0 Å². The van der Waals surface area contributed by atoms with Gasteiger partial charge >= 0.3 is 0 Å². The lowest BCUT2D eigenvalue weighted by atomic mass is 10.3. The van der Waals surface area contributed by atoms with E-state index >= 15 is 0 Å². The molecular formula is C11H20N4O2S. The van der Waals surface area contributed by atoms with Crippen molar-refractivity contribution in [3.05, 3.63) is 18.2 Å². The van der Waals surface area contributed by atoms with E-state index < -0.39 is 10.0 Å². The highest BCUT2D eigenvalue weighted by molar-refractivity contribution is 7.89. The number of nitrogens with zero attached hydrogens (tertiary/aromatic N) is 1. The fourth-order valence-corrected chi connectivity index (χ4v) is 2.27. The third kappa shape index (κ3) is 3.86. The van der Waals surface area contributed by atoms with Gasteiger partial charge < -0.3 is 16.0 Å². The van der Waals surface area contributed by atoms with Crippen LogP contribution in [0.15, 0.2) is 23.1 Å².